The third-order valence-electron chi connectivity index (χ3n) is 3.82. The van der Waals surface area contributed by atoms with Crippen molar-refractivity contribution in [1.82, 2.24) is 4.31 Å². The van der Waals surface area contributed by atoms with E-state index in [1.807, 2.05) is 6.92 Å². The lowest BCUT2D eigenvalue weighted by Gasteiger charge is -2.16. The number of benzene rings is 2. The highest BCUT2D eigenvalue weighted by Gasteiger charge is 2.41. The predicted octanol–water partition coefficient (Wildman–Crippen LogP) is 2.26. The Bertz CT molecular complexity index is 956. The van der Waals surface area contributed by atoms with Gasteiger partial charge in [-0.05, 0) is 30.7 Å². The smallest absolute Gasteiger partial charge is 0.269 e. The molecule has 0 radical (unpaired) electrons. The standard InChI is InChI=1S/C18H18N2O5S/c1-2-11-25-15-9-5-4-8-14(15)19-17(21)12-20-18(22)13-7-3-6-10-16(13)26(20,23)24/h3-10H,2,11-12H2,1H3,(H,19,21). The van der Waals surface area contributed by atoms with Gasteiger partial charge in [-0.15, -0.1) is 0 Å². The number of ether oxygens (including phenoxy) is 1. The fraction of sp³-hybridized carbons (Fsp3) is 0.222. The number of hydrogen-bond acceptors (Lipinski definition) is 5. The van der Waals surface area contributed by atoms with Gasteiger partial charge in [-0.1, -0.05) is 31.2 Å². The molecule has 0 spiro atoms. The highest BCUT2D eigenvalue weighted by atomic mass is 32.2. The van der Waals surface area contributed by atoms with E-state index in [2.05, 4.69) is 5.32 Å². The molecule has 3 rings (SSSR count). The molecule has 0 bridgehead atoms. The van der Waals surface area contributed by atoms with Gasteiger partial charge in [0.15, 0.2) is 0 Å². The number of anilines is 1. The van der Waals surface area contributed by atoms with E-state index in [4.69, 9.17) is 4.74 Å². The average Bonchev–Trinajstić information content (AvgIpc) is 2.82. The van der Waals surface area contributed by atoms with E-state index in [0.29, 0.717) is 22.3 Å². The molecule has 1 heterocycles. The van der Waals surface area contributed by atoms with Gasteiger partial charge in [-0.2, -0.15) is 0 Å². The molecule has 0 atom stereocenters. The molecular formula is C18H18N2O5S. The van der Waals surface area contributed by atoms with Crippen LogP contribution < -0.4 is 10.1 Å². The number of rotatable bonds is 6. The van der Waals surface area contributed by atoms with E-state index in [1.54, 1.807) is 30.3 Å². The highest BCUT2D eigenvalue weighted by Crippen LogP contribution is 2.30. The zero-order chi connectivity index (χ0) is 18.7. The van der Waals surface area contributed by atoms with Crippen LogP contribution in [0.5, 0.6) is 5.75 Å². The number of carbonyl (C=O) groups excluding carboxylic acids is 2. The Morgan fingerprint density at radius 3 is 2.54 bits per heavy atom. The minimum atomic E-state index is -4.02. The van der Waals surface area contributed by atoms with Gasteiger partial charge in [0, 0.05) is 0 Å². The fourth-order valence-electron chi connectivity index (χ4n) is 2.62. The molecule has 1 aliphatic rings. The molecular weight excluding hydrogens is 356 g/mol. The van der Waals surface area contributed by atoms with Crippen molar-refractivity contribution in [1.29, 1.82) is 0 Å². The number of nitrogens with one attached hydrogen (secondary N) is 1. The summed E-state index contributed by atoms with van der Waals surface area (Å²) in [5.74, 6) is -0.838. The normalized spacial score (nSPS) is 14.8. The summed E-state index contributed by atoms with van der Waals surface area (Å²) >= 11 is 0. The summed E-state index contributed by atoms with van der Waals surface area (Å²) in [6.45, 7) is 1.85. The Morgan fingerprint density at radius 2 is 1.81 bits per heavy atom. The SMILES string of the molecule is CCCOc1ccccc1NC(=O)CN1C(=O)c2ccccc2S1(=O)=O. The van der Waals surface area contributed by atoms with Crippen molar-refractivity contribution in [2.45, 2.75) is 18.2 Å². The van der Waals surface area contributed by atoms with Crippen molar-refractivity contribution in [3.8, 4) is 5.75 Å². The Hall–Kier alpha value is -2.87. The van der Waals surface area contributed by atoms with Crippen LogP contribution in [-0.4, -0.2) is 37.7 Å². The first kappa shape index (κ1) is 17.9. The van der Waals surface area contributed by atoms with Gasteiger partial charge in [-0.25, -0.2) is 12.7 Å². The number of nitrogens with zero attached hydrogens (tertiary/aromatic N) is 1. The highest BCUT2D eigenvalue weighted by molar-refractivity contribution is 7.90. The lowest BCUT2D eigenvalue weighted by atomic mass is 10.2. The second kappa shape index (κ2) is 7.17. The molecule has 2 aromatic rings. The second-order valence-corrected chi connectivity index (χ2v) is 7.54. The van der Waals surface area contributed by atoms with Crippen LogP contribution in [0, 0.1) is 0 Å². The van der Waals surface area contributed by atoms with E-state index < -0.39 is 28.4 Å². The van der Waals surface area contributed by atoms with E-state index >= 15 is 0 Å². The Labute approximate surface area is 151 Å². The average molecular weight is 374 g/mol. The van der Waals surface area contributed by atoms with Crippen molar-refractivity contribution < 1.29 is 22.7 Å². The summed E-state index contributed by atoms with van der Waals surface area (Å²) in [5, 5.41) is 2.61. The number of carbonyl (C=O) groups is 2. The van der Waals surface area contributed by atoms with Crippen LogP contribution >= 0.6 is 0 Å². The molecule has 1 N–H and O–H groups in total. The quantitative estimate of drug-likeness (QED) is 0.837. The maximum absolute atomic E-state index is 12.5. The first-order valence-corrected chi connectivity index (χ1v) is 9.57. The van der Waals surface area contributed by atoms with Crippen LogP contribution in [0.4, 0.5) is 5.69 Å². The number of para-hydroxylation sites is 2. The van der Waals surface area contributed by atoms with Gasteiger partial charge in [0.05, 0.1) is 17.9 Å². The third kappa shape index (κ3) is 3.28. The van der Waals surface area contributed by atoms with Gasteiger partial charge in [0.25, 0.3) is 15.9 Å². The first-order valence-electron chi connectivity index (χ1n) is 8.13. The summed E-state index contributed by atoms with van der Waals surface area (Å²) in [7, 11) is -4.02. The van der Waals surface area contributed by atoms with Gasteiger partial charge < -0.3 is 10.1 Å². The summed E-state index contributed by atoms with van der Waals surface area (Å²) in [5.41, 5.74) is 0.500. The Kier molecular flexibility index (Phi) is 4.94. The van der Waals surface area contributed by atoms with Crippen molar-refractivity contribution in [3.63, 3.8) is 0 Å². The number of sulfonamides is 1. The van der Waals surface area contributed by atoms with Crippen molar-refractivity contribution in [2.24, 2.45) is 0 Å². The summed E-state index contributed by atoms with van der Waals surface area (Å²) in [6, 6.07) is 12.8. The van der Waals surface area contributed by atoms with Crippen LogP contribution in [0.15, 0.2) is 53.4 Å². The zero-order valence-corrected chi connectivity index (χ0v) is 15.0. The van der Waals surface area contributed by atoms with Crippen LogP contribution in [0.1, 0.15) is 23.7 Å². The number of hydrogen-bond donors (Lipinski definition) is 1. The molecule has 8 heteroatoms. The fourth-order valence-corrected chi connectivity index (χ4v) is 4.14. The largest absolute Gasteiger partial charge is 0.491 e. The molecule has 1 aliphatic heterocycles. The van der Waals surface area contributed by atoms with Crippen molar-refractivity contribution in [3.05, 3.63) is 54.1 Å². The molecule has 0 aliphatic carbocycles. The van der Waals surface area contributed by atoms with Crippen molar-refractivity contribution >= 4 is 27.5 Å². The summed E-state index contributed by atoms with van der Waals surface area (Å²) in [6.07, 6.45) is 0.807. The summed E-state index contributed by atoms with van der Waals surface area (Å²) in [4.78, 5) is 24.6. The van der Waals surface area contributed by atoms with Crippen molar-refractivity contribution in [2.75, 3.05) is 18.5 Å². The molecule has 136 valence electrons. The molecule has 26 heavy (non-hydrogen) atoms. The Balaban J connectivity index is 1.77. The van der Waals surface area contributed by atoms with Crippen LogP contribution in [0.25, 0.3) is 0 Å². The predicted molar refractivity (Wildman–Crippen MR) is 95.5 cm³/mol. The maximum Gasteiger partial charge on any atom is 0.269 e. The lowest BCUT2D eigenvalue weighted by Crippen LogP contribution is -2.37. The molecule has 0 unspecified atom stereocenters. The molecule has 0 aromatic heterocycles. The zero-order valence-electron chi connectivity index (χ0n) is 14.1. The first-order chi connectivity index (χ1) is 12.4. The molecule has 0 saturated heterocycles. The molecule has 0 saturated carbocycles. The van der Waals surface area contributed by atoms with E-state index in [-0.39, 0.29) is 10.5 Å². The summed E-state index contributed by atoms with van der Waals surface area (Å²) < 4.78 is 31.1. The minimum Gasteiger partial charge on any atom is -0.491 e. The molecule has 2 amide bonds. The van der Waals surface area contributed by atoms with E-state index in [1.165, 1.54) is 18.2 Å². The van der Waals surface area contributed by atoms with Crippen LogP contribution in [-0.2, 0) is 14.8 Å². The Morgan fingerprint density at radius 1 is 1.12 bits per heavy atom. The lowest BCUT2D eigenvalue weighted by molar-refractivity contribution is -0.116. The van der Waals surface area contributed by atoms with Gasteiger partial charge >= 0.3 is 0 Å². The molecule has 2 aromatic carbocycles. The monoisotopic (exact) mass is 374 g/mol. The number of amides is 2. The van der Waals surface area contributed by atoms with Gasteiger partial charge in [0.2, 0.25) is 5.91 Å². The van der Waals surface area contributed by atoms with E-state index in [9.17, 15) is 18.0 Å². The number of fused-ring (bicyclic) bond motifs is 1. The van der Waals surface area contributed by atoms with Crippen LogP contribution in [0.3, 0.4) is 0 Å². The minimum absolute atomic E-state index is 0.0759. The topological polar surface area (TPSA) is 92.8 Å². The van der Waals surface area contributed by atoms with Gasteiger partial charge in [-0.3, -0.25) is 9.59 Å². The van der Waals surface area contributed by atoms with Gasteiger partial charge in [0.1, 0.15) is 17.2 Å². The molecule has 7 nitrogen and oxygen atoms in total. The molecule has 0 fully saturated rings. The third-order valence-corrected chi connectivity index (χ3v) is 5.61. The van der Waals surface area contributed by atoms with Crippen LogP contribution in [0.2, 0.25) is 0 Å². The van der Waals surface area contributed by atoms with E-state index in [0.717, 1.165) is 6.42 Å². The second-order valence-electron chi connectivity index (χ2n) is 5.71. The maximum atomic E-state index is 12.5.